The number of amides is 1. The summed E-state index contributed by atoms with van der Waals surface area (Å²) in [4.78, 5) is 31.0. The molecule has 0 radical (unpaired) electrons. The molecule has 1 aromatic heterocycles. The molecule has 0 unspecified atom stereocenters. The summed E-state index contributed by atoms with van der Waals surface area (Å²) in [6.45, 7) is 1.73. The molecule has 148 valence electrons. The van der Waals surface area contributed by atoms with Crippen LogP contribution in [0.3, 0.4) is 0 Å². The molecule has 3 aromatic rings. The zero-order valence-corrected chi connectivity index (χ0v) is 15.7. The Balaban J connectivity index is 1.67. The van der Waals surface area contributed by atoms with Crippen LogP contribution in [0.5, 0.6) is 0 Å². The van der Waals surface area contributed by atoms with Crippen molar-refractivity contribution in [1.29, 1.82) is 0 Å². The molecule has 2 N–H and O–H groups in total. The SMILES string of the molecule is O=C(Nc1ccc2nc(N3CCCCC3)cc(C(=O)O)c2c1)c1ccc(F)cc1. The monoisotopic (exact) mass is 393 g/mol. The van der Waals surface area contributed by atoms with E-state index in [1.165, 1.54) is 30.7 Å². The van der Waals surface area contributed by atoms with Crippen molar-refractivity contribution in [2.75, 3.05) is 23.3 Å². The maximum atomic E-state index is 13.0. The van der Waals surface area contributed by atoms with Crippen LogP contribution in [-0.2, 0) is 0 Å². The highest BCUT2D eigenvalue weighted by Gasteiger charge is 2.18. The van der Waals surface area contributed by atoms with Gasteiger partial charge < -0.3 is 15.3 Å². The third-order valence-corrected chi connectivity index (χ3v) is 5.07. The van der Waals surface area contributed by atoms with Crippen LogP contribution < -0.4 is 10.2 Å². The summed E-state index contributed by atoms with van der Waals surface area (Å²) in [5.41, 5.74) is 1.46. The molecule has 2 heterocycles. The number of pyridine rings is 1. The number of fused-ring (bicyclic) bond motifs is 1. The predicted octanol–water partition coefficient (Wildman–Crippen LogP) is 4.31. The van der Waals surface area contributed by atoms with E-state index in [1.54, 1.807) is 24.3 Å². The number of carbonyl (C=O) groups is 2. The first-order chi connectivity index (χ1) is 14.0. The van der Waals surface area contributed by atoms with E-state index < -0.39 is 17.7 Å². The minimum absolute atomic E-state index is 0.147. The molecule has 1 saturated heterocycles. The fourth-order valence-corrected chi connectivity index (χ4v) is 3.56. The fraction of sp³-hybridized carbons (Fsp3) is 0.227. The Labute approximate surface area is 167 Å². The predicted molar refractivity (Wildman–Crippen MR) is 109 cm³/mol. The molecule has 0 aliphatic carbocycles. The molecule has 1 amide bonds. The lowest BCUT2D eigenvalue weighted by Crippen LogP contribution is -2.30. The highest BCUT2D eigenvalue weighted by molar-refractivity contribution is 6.08. The van der Waals surface area contributed by atoms with Crippen molar-refractivity contribution < 1.29 is 19.1 Å². The number of rotatable bonds is 4. The Morgan fingerprint density at radius 3 is 2.41 bits per heavy atom. The van der Waals surface area contributed by atoms with Gasteiger partial charge in [-0.15, -0.1) is 0 Å². The maximum Gasteiger partial charge on any atom is 0.336 e. The van der Waals surface area contributed by atoms with Gasteiger partial charge >= 0.3 is 5.97 Å². The van der Waals surface area contributed by atoms with E-state index in [9.17, 15) is 19.1 Å². The Bertz CT molecular complexity index is 1080. The van der Waals surface area contributed by atoms with Gasteiger partial charge in [-0.3, -0.25) is 4.79 Å². The van der Waals surface area contributed by atoms with E-state index in [2.05, 4.69) is 15.2 Å². The second-order valence-electron chi connectivity index (χ2n) is 7.07. The number of aromatic nitrogens is 1. The molecule has 1 fully saturated rings. The van der Waals surface area contributed by atoms with Crippen LogP contribution in [0.1, 0.15) is 40.0 Å². The summed E-state index contributed by atoms with van der Waals surface area (Å²) in [5.74, 6) is -1.21. The summed E-state index contributed by atoms with van der Waals surface area (Å²) in [7, 11) is 0. The van der Waals surface area contributed by atoms with Gasteiger partial charge in [-0.05, 0) is 67.8 Å². The molecule has 1 aliphatic rings. The van der Waals surface area contributed by atoms with E-state index >= 15 is 0 Å². The smallest absolute Gasteiger partial charge is 0.336 e. The topological polar surface area (TPSA) is 82.5 Å². The van der Waals surface area contributed by atoms with E-state index in [4.69, 9.17) is 0 Å². The van der Waals surface area contributed by atoms with Crippen LogP contribution in [0, 0.1) is 5.82 Å². The minimum atomic E-state index is -1.04. The molecular formula is C22H20FN3O3. The van der Waals surface area contributed by atoms with Gasteiger partial charge in [-0.1, -0.05) is 0 Å². The Morgan fingerprint density at radius 2 is 1.72 bits per heavy atom. The number of carboxylic acids is 1. The zero-order chi connectivity index (χ0) is 20.4. The van der Waals surface area contributed by atoms with Crippen molar-refractivity contribution in [3.8, 4) is 0 Å². The minimum Gasteiger partial charge on any atom is -0.478 e. The van der Waals surface area contributed by atoms with Gasteiger partial charge in [-0.2, -0.15) is 0 Å². The molecular weight excluding hydrogens is 373 g/mol. The quantitative estimate of drug-likeness (QED) is 0.690. The van der Waals surface area contributed by atoms with Crippen molar-refractivity contribution >= 4 is 34.3 Å². The van der Waals surface area contributed by atoms with Crippen molar-refractivity contribution in [2.24, 2.45) is 0 Å². The van der Waals surface area contributed by atoms with Crippen molar-refractivity contribution in [2.45, 2.75) is 19.3 Å². The number of nitrogens with zero attached hydrogens (tertiary/aromatic N) is 2. The first-order valence-electron chi connectivity index (χ1n) is 9.51. The number of benzene rings is 2. The van der Waals surface area contributed by atoms with Crippen molar-refractivity contribution in [3.63, 3.8) is 0 Å². The Hall–Kier alpha value is -3.48. The standard InChI is InChI=1S/C22H20FN3O3/c23-15-6-4-14(5-7-15)21(27)24-16-8-9-19-17(12-16)18(22(28)29)13-20(25-19)26-10-2-1-3-11-26/h4-9,12-13H,1-3,10-11H2,(H,24,27)(H,28,29). The van der Waals surface area contributed by atoms with Crippen LogP contribution in [0.4, 0.5) is 15.9 Å². The first-order valence-corrected chi connectivity index (χ1v) is 9.51. The number of aromatic carboxylic acids is 1. The molecule has 0 saturated carbocycles. The molecule has 7 heteroatoms. The summed E-state index contributed by atoms with van der Waals surface area (Å²) in [6, 6.07) is 11.8. The third kappa shape index (κ3) is 4.03. The number of halogens is 1. The lowest BCUT2D eigenvalue weighted by atomic mass is 10.1. The number of nitrogens with one attached hydrogen (secondary N) is 1. The average Bonchev–Trinajstić information content (AvgIpc) is 2.74. The highest BCUT2D eigenvalue weighted by atomic mass is 19.1. The Kier molecular flexibility index (Phi) is 5.12. The molecule has 0 spiro atoms. The van der Waals surface area contributed by atoms with E-state index in [0.29, 0.717) is 28.0 Å². The second kappa shape index (κ2) is 7.87. The fourth-order valence-electron chi connectivity index (χ4n) is 3.56. The number of anilines is 2. The molecule has 0 bridgehead atoms. The lowest BCUT2D eigenvalue weighted by Gasteiger charge is -2.28. The lowest BCUT2D eigenvalue weighted by molar-refractivity contribution is 0.0698. The van der Waals surface area contributed by atoms with Gasteiger partial charge in [0.2, 0.25) is 0 Å². The summed E-state index contributed by atoms with van der Waals surface area (Å²) >= 11 is 0. The van der Waals surface area contributed by atoms with Gasteiger partial charge in [0.1, 0.15) is 11.6 Å². The summed E-state index contributed by atoms with van der Waals surface area (Å²) < 4.78 is 13.0. The molecule has 0 atom stereocenters. The van der Waals surface area contributed by atoms with Crippen LogP contribution in [0.15, 0.2) is 48.5 Å². The van der Waals surface area contributed by atoms with E-state index in [1.807, 2.05) is 0 Å². The van der Waals surface area contributed by atoms with Crippen molar-refractivity contribution in [1.82, 2.24) is 4.98 Å². The normalized spacial score (nSPS) is 14.0. The number of hydrogen-bond acceptors (Lipinski definition) is 4. The average molecular weight is 393 g/mol. The van der Waals surface area contributed by atoms with Gasteiger partial charge in [0.25, 0.3) is 5.91 Å². The number of carbonyl (C=O) groups excluding carboxylic acids is 1. The third-order valence-electron chi connectivity index (χ3n) is 5.07. The number of hydrogen-bond donors (Lipinski definition) is 2. The Morgan fingerprint density at radius 1 is 1.00 bits per heavy atom. The first kappa shape index (κ1) is 18.9. The van der Waals surface area contributed by atoms with Crippen LogP contribution in [-0.4, -0.2) is 35.1 Å². The largest absolute Gasteiger partial charge is 0.478 e. The number of carboxylic acid groups (broad SMARTS) is 1. The van der Waals surface area contributed by atoms with Gasteiger partial charge in [-0.25, -0.2) is 14.2 Å². The van der Waals surface area contributed by atoms with Crippen LogP contribution >= 0.6 is 0 Å². The van der Waals surface area contributed by atoms with E-state index in [0.717, 1.165) is 25.9 Å². The summed E-state index contributed by atoms with van der Waals surface area (Å²) in [6.07, 6.45) is 3.31. The van der Waals surface area contributed by atoms with Gasteiger partial charge in [0, 0.05) is 29.7 Å². The molecule has 29 heavy (non-hydrogen) atoms. The van der Waals surface area contributed by atoms with Crippen LogP contribution in [0.2, 0.25) is 0 Å². The van der Waals surface area contributed by atoms with Gasteiger partial charge in [0.05, 0.1) is 11.1 Å². The van der Waals surface area contributed by atoms with Gasteiger partial charge in [0.15, 0.2) is 0 Å². The van der Waals surface area contributed by atoms with Crippen LogP contribution in [0.25, 0.3) is 10.9 Å². The van der Waals surface area contributed by atoms with E-state index in [-0.39, 0.29) is 5.56 Å². The summed E-state index contributed by atoms with van der Waals surface area (Å²) in [5, 5.41) is 12.9. The zero-order valence-electron chi connectivity index (χ0n) is 15.7. The maximum absolute atomic E-state index is 13.0. The molecule has 2 aromatic carbocycles. The molecule has 6 nitrogen and oxygen atoms in total. The molecule has 4 rings (SSSR count). The van der Waals surface area contributed by atoms with Crippen molar-refractivity contribution in [3.05, 3.63) is 65.5 Å². The number of piperidine rings is 1. The molecule has 1 aliphatic heterocycles. The highest BCUT2D eigenvalue weighted by Crippen LogP contribution is 2.27. The second-order valence-corrected chi connectivity index (χ2v) is 7.07.